The lowest BCUT2D eigenvalue weighted by atomic mass is 10.2. The molecule has 2 aromatic rings. The Morgan fingerprint density at radius 2 is 1.86 bits per heavy atom. The minimum atomic E-state index is -0.382. The van der Waals surface area contributed by atoms with Gasteiger partial charge in [-0.15, -0.1) is 5.10 Å². The van der Waals surface area contributed by atoms with Crippen LogP contribution in [0.15, 0.2) is 59.7 Å². The van der Waals surface area contributed by atoms with Gasteiger partial charge in [0.15, 0.2) is 0 Å². The fourth-order valence-corrected chi connectivity index (χ4v) is 2.61. The third-order valence-electron chi connectivity index (χ3n) is 3.03. The van der Waals surface area contributed by atoms with E-state index in [1.807, 2.05) is 42.3 Å². The van der Waals surface area contributed by atoms with Crippen molar-refractivity contribution in [1.29, 1.82) is 0 Å². The molecule has 0 spiro atoms. The quantitative estimate of drug-likeness (QED) is 0.794. The Bertz CT molecular complexity index is 668. The first-order chi connectivity index (χ1) is 10.2. The summed E-state index contributed by atoms with van der Waals surface area (Å²) in [5.41, 5.74) is 2.71. The van der Waals surface area contributed by atoms with Crippen LogP contribution in [0.3, 0.4) is 0 Å². The molecule has 0 unspecified atom stereocenters. The van der Waals surface area contributed by atoms with Crippen LogP contribution in [-0.2, 0) is 4.74 Å². The average molecular weight is 298 g/mol. The molecule has 5 heteroatoms. The molecule has 1 heterocycles. The number of hydrazone groups is 1. The summed E-state index contributed by atoms with van der Waals surface area (Å²) in [7, 11) is 0. The lowest BCUT2D eigenvalue weighted by Gasteiger charge is -2.11. The van der Waals surface area contributed by atoms with Crippen molar-refractivity contribution >= 4 is 28.6 Å². The number of anilines is 1. The van der Waals surface area contributed by atoms with Crippen molar-refractivity contribution < 1.29 is 9.53 Å². The first kappa shape index (κ1) is 13.7. The zero-order chi connectivity index (χ0) is 14.7. The molecule has 1 aliphatic heterocycles. The van der Waals surface area contributed by atoms with E-state index in [0.717, 1.165) is 5.69 Å². The monoisotopic (exact) mass is 298 g/mol. The number of hydrogen-bond acceptors (Lipinski definition) is 5. The summed E-state index contributed by atoms with van der Waals surface area (Å²) in [4.78, 5) is 12.0. The molecular formula is C16H14N2O2S. The van der Waals surface area contributed by atoms with E-state index in [0.29, 0.717) is 16.7 Å². The number of carbonyl (C=O) groups is 1. The van der Waals surface area contributed by atoms with Gasteiger partial charge in [-0.1, -0.05) is 35.9 Å². The number of nitrogens with zero attached hydrogens (tertiary/aromatic N) is 2. The van der Waals surface area contributed by atoms with E-state index in [2.05, 4.69) is 5.10 Å². The SMILES string of the molecule is Cc1ccc(N2CSC(OC(=O)c3ccccc3)=N2)cc1. The summed E-state index contributed by atoms with van der Waals surface area (Å²) in [5, 5.41) is 6.52. The molecule has 0 N–H and O–H groups in total. The lowest BCUT2D eigenvalue weighted by molar-refractivity contribution is 0.0724. The normalized spacial score (nSPS) is 14.0. The van der Waals surface area contributed by atoms with Crippen LogP contribution in [0.4, 0.5) is 5.69 Å². The van der Waals surface area contributed by atoms with Gasteiger partial charge in [0, 0.05) is 0 Å². The van der Waals surface area contributed by atoms with Gasteiger partial charge in [-0.25, -0.2) is 4.79 Å². The Morgan fingerprint density at radius 1 is 1.14 bits per heavy atom. The molecule has 0 atom stereocenters. The van der Waals surface area contributed by atoms with Crippen molar-refractivity contribution in [3.05, 3.63) is 65.7 Å². The van der Waals surface area contributed by atoms with E-state index in [1.165, 1.54) is 17.3 Å². The molecule has 0 saturated heterocycles. The fraction of sp³-hybridized carbons (Fsp3) is 0.125. The highest BCUT2D eigenvalue weighted by molar-refractivity contribution is 8.13. The molecule has 21 heavy (non-hydrogen) atoms. The maximum Gasteiger partial charge on any atom is 0.345 e. The molecule has 0 bridgehead atoms. The van der Waals surface area contributed by atoms with Crippen LogP contribution < -0.4 is 5.01 Å². The van der Waals surface area contributed by atoms with Gasteiger partial charge in [-0.3, -0.25) is 5.01 Å². The molecule has 0 fully saturated rings. The van der Waals surface area contributed by atoms with E-state index >= 15 is 0 Å². The van der Waals surface area contributed by atoms with Gasteiger partial charge in [0.05, 0.1) is 17.1 Å². The zero-order valence-corrected chi connectivity index (χ0v) is 12.3. The van der Waals surface area contributed by atoms with Gasteiger partial charge in [0.1, 0.15) is 0 Å². The van der Waals surface area contributed by atoms with Gasteiger partial charge in [0.25, 0.3) is 5.23 Å². The van der Waals surface area contributed by atoms with Gasteiger partial charge in [-0.2, -0.15) is 0 Å². The number of esters is 1. The first-order valence-corrected chi connectivity index (χ1v) is 7.54. The summed E-state index contributed by atoms with van der Waals surface area (Å²) >= 11 is 1.41. The van der Waals surface area contributed by atoms with Crippen molar-refractivity contribution in [3.8, 4) is 0 Å². The maximum atomic E-state index is 12.0. The molecular weight excluding hydrogens is 284 g/mol. The molecule has 1 aliphatic rings. The number of ether oxygens (including phenoxy) is 1. The molecule has 106 valence electrons. The standard InChI is InChI=1S/C16H14N2O2S/c1-12-7-9-14(10-8-12)18-11-21-16(17-18)20-15(19)13-5-3-2-4-6-13/h2-10H,11H2,1H3. The van der Waals surface area contributed by atoms with Gasteiger partial charge in [0.2, 0.25) is 0 Å². The summed E-state index contributed by atoms with van der Waals surface area (Å²) in [5.74, 6) is 0.258. The summed E-state index contributed by atoms with van der Waals surface area (Å²) in [6.07, 6.45) is 0. The van der Waals surface area contributed by atoms with Crippen molar-refractivity contribution in [3.63, 3.8) is 0 Å². The van der Waals surface area contributed by atoms with Gasteiger partial charge < -0.3 is 4.74 Å². The largest absolute Gasteiger partial charge is 0.396 e. The van der Waals surface area contributed by atoms with Gasteiger partial charge >= 0.3 is 5.97 Å². The molecule has 0 saturated carbocycles. The number of hydrogen-bond donors (Lipinski definition) is 0. The second-order valence-corrected chi connectivity index (χ2v) is 5.53. The zero-order valence-electron chi connectivity index (χ0n) is 11.5. The van der Waals surface area contributed by atoms with Gasteiger partial charge in [-0.05, 0) is 43.0 Å². The second-order valence-electron chi connectivity index (χ2n) is 4.63. The molecule has 0 radical (unpaired) electrons. The second kappa shape index (κ2) is 6.01. The maximum absolute atomic E-state index is 12.0. The van der Waals surface area contributed by atoms with Crippen LogP contribution in [0.1, 0.15) is 15.9 Å². The third kappa shape index (κ3) is 3.25. The van der Waals surface area contributed by atoms with Crippen molar-refractivity contribution in [2.75, 3.05) is 10.9 Å². The van der Waals surface area contributed by atoms with Crippen molar-refractivity contribution in [1.82, 2.24) is 0 Å². The number of aryl methyl sites for hydroxylation is 1. The van der Waals surface area contributed by atoms with E-state index in [9.17, 15) is 4.79 Å². The predicted molar refractivity (Wildman–Crippen MR) is 85.4 cm³/mol. The van der Waals surface area contributed by atoms with Crippen molar-refractivity contribution in [2.24, 2.45) is 5.10 Å². The molecule has 4 nitrogen and oxygen atoms in total. The lowest BCUT2D eigenvalue weighted by Crippen LogP contribution is -2.11. The first-order valence-electron chi connectivity index (χ1n) is 6.55. The van der Waals surface area contributed by atoms with E-state index in [1.54, 1.807) is 24.3 Å². The number of rotatable bonds is 2. The van der Waals surface area contributed by atoms with E-state index in [4.69, 9.17) is 4.74 Å². The summed E-state index contributed by atoms with van der Waals surface area (Å²) in [6.45, 7) is 2.04. The smallest absolute Gasteiger partial charge is 0.345 e. The van der Waals surface area contributed by atoms with Crippen LogP contribution >= 0.6 is 11.8 Å². The number of thioether (sulfide) groups is 1. The minimum absolute atomic E-state index is 0.379. The molecule has 3 rings (SSSR count). The number of benzene rings is 2. The highest BCUT2D eigenvalue weighted by Gasteiger charge is 2.21. The highest BCUT2D eigenvalue weighted by Crippen LogP contribution is 2.25. The molecule has 0 aliphatic carbocycles. The van der Waals surface area contributed by atoms with E-state index in [-0.39, 0.29) is 5.97 Å². The Balaban J connectivity index is 1.69. The van der Waals surface area contributed by atoms with E-state index < -0.39 is 0 Å². The molecule has 0 amide bonds. The Kier molecular flexibility index (Phi) is 3.92. The summed E-state index contributed by atoms with van der Waals surface area (Å²) in [6, 6.07) is 17.0. The van der Waals surface area contributed by atoms with Crippen LogP contribution in [0.2, 0.25) is 0 Å². The van der Waals surface area contributed by atoms with Crippen molar-refractivity contribution in [2.45, 2.75) is 6.92 Å². The number of carbonyl (C=O) groups excluding carboxylic acids is 1. The Morgan fingerprint density at radius 3 is 2.57 bits per heavy atom. The third-order valence-corrected chi connectivity index (χ3v) is 3.82. The Hall–Kier alpha value is -2.27. The summed E-state index contributed by atoms with van der Waals surface area (Å²) < 4.78 is 5.31. The fourth-order valence-electron chi connectivity index (χ4n) is 1.88. The van der Waals surface area contributed by atoms with Crippen LogP contribution in [0.5, 0.6) is 0 Å². The van der Waals surface area contributed by atoms with Crippen LogP contribution in [0, 0.1) is 6.92 Å². The topological polar surface area (TPSA) is 41.9 Å². The molecule has 2 aromatic carbocycles. The van der Waals surface area contributed by atoms with Crippen LogP contribution in [-0.4, -0.2) is 17.1 Å². The van der Waals surface area contributed by atoms with Crippen LogP contribution in [0.25, 0.3) is 0 Å². The predicted octanol–water partition coefficient (Wildman–Crippen LogP) is 3.63. The average Bonchev–Trinajstić information content (AvgIpc) is 2.97. The molecule has 0 aromatic heterocycles. The minimum Gasteiger partial charge on any atom is -0.396 e. The Labute approximate surface area is 127 Å². The highest BCUT2D eigenvalue weighted by atomic mass is 32.2.